The molecule has 1 aliphatic rings. The smallest absolute Gasteiger partial charge is 0.209 e. The summed E-state index contributed by atoms with van der Waals surface area (Å²) < 4.78 is 24.7. The second-order valence-corrected chi connectivity index (χ2v) is 5.40. The summed E-state index contributed by atoms with van der Waals surface area (Å²) in [7, 11) is -3.34. The van der Waals surface area contributed by atoms with Gasteiger partial charge in [-0.15, -0.1) is 0 Å². The van der Waals surface area contributed by atoms with Gasteiger partial charge in [0.2, 0.25) is 10.0 Å². The van der Waals surface area contributed by atoms with E-state index in [2.05, 4.69) is 9.88 Å². The Balaban J connectivity index is 2.94. The van der Waals surface area contributed by atoms with Crippen LogP contribution in [0.1, 0.15) is 25.7 Å². The van der Waals surface area contributed by atoms with Crippen molar-refractivity contribution >= 4 is 15.9 Å². The Morgan fingerprint density at radius 1 is 1.50 bits per heavy atom. The summed E-state index contributed by atoms with van der Waals surface area (Å²) >= 11 is 0. The first kappa shape index (κ1) is 11.3. The first-order chi connectivity index (χ1) is 6.40. The van der Waals surface area contributed by atoms with E-state index in [9.17, 15) is 8.42 Å². The molecule has 0 aromatic carbocycles. The highest BCUT2D eigenvalue weighted by molar-refractivity contribution is 7.88. The summed E-state index contributed by atoms with van der Waals surface area (Å²) in [5, 5.41) is 11.5. The molecule has 1 rings (SSSR count). The maximum Gasteiger partial charge on any atom is 0.209 e. The van der Waals surface area contributed by atoms with E-state index < -0.39 is 15.6 Å². The molecular weight excluding hydrogens is 206 g/mol. The number of sulfonamides is 1. The number of amidine groups is 1. The zero-order valence-corrected chi connectivity index (χ0v) is 8.84. The van der Waals surface area contributed by atoms with E-state index in [-0.39, 0.29) is 5.84 Å². The van der Waals surface area contributed by atoms with Gasteiger partial charge in [-0.2, -0.15) is 0 Å². The molecule has 6 nitrogen and oxygen atoms in total. The normalized spacial score (nSPS) is 22.5. The van der Waals surface area contributed by atoms with Crippen molar-refractivity contribution in [2.45, 2.75) is 31.2 Å². The van der Waals surface area contributed by atoms with E-state index in [0.29, 0.717) is 12.8 Å². The van der Waals surface area contributed by atoms with Crippen LogP contribution in [0.3, 0.4) is 0 Å². The molecule has 0 saturated heterocycles. The Morgan fingerprint density at radius 3 is 2.36 bits per heavy atom. The monoisotopic (exact) mass is 221 g/mol. The van der Waals surface area contributed by atoms with Gasteiger partial charge >= 0.3 is 0 Å². The summed E-state index contributed by atoms with van der Waals surface area (Å²) in [6, 6.07) is 0. The highest BCUT2D eigenvalue weighted by Gasteiger charge is 2.40. The van der Waals surface area contributed by atoms with Gasteiger partial charge in [0.05, 0.1) is 11.8 Å². The predicted molar refractivity (Wildman–Crippen MR) is 52.6 cm³/mol. The molecule has 0 aromatic heterocycles. The zero-order chi connectivity index (χ0) is 10.8. The van der Waals surface area contributed by atoms with Crippen molar-refractivity contribution in [2.75, 3.05) is 6.26 Å². The van der Waals surface area contributed by atoms with Crippen LogP contribution in [0, 0.1) is 0 Å². The molecule has 0 aliphatic heterocycles. The lowest BCUT2D eigenvalue weighted by atomic mass is 9.98. The van der Waals surface area contributed by atoms with Crippen molar-refractivity contribution in [1.82, 2.24) is 4.72 Å². The van der Waals surface area contributed by atoms with Crippen LogP contribution in [-0.2, 0) is 10.0 Å². The highest BCUT2D eigenvalue weighted by Crippen LogP contribution is 2.30. The Morgan fingerprint density at radius 2 is 2.00 bits per heavy atom. The molecule has 0 heterocycles. The standard InChI is InChI=1S/C7H15N3O3S/c1-14(12,13)10-7(6(8)9-11)4-2-3-5-7/h10-11H,2-5H2,1H3,(H2,8,9). The van der Waals surface area contributed by atoms with E-state index in [1.165, 1.54) is 0 Å². The number of hydrogen-bond donors (Lipinski definition) is 3. The Labute approximate surface area is 83.2 Å². The van der Waals surface area contributed by atoms with Crippen molar-refractivity contribution in [2.24, 2.45) is 10.9 Å². The van der Waals surface area contributed by atoms with Gasteiger partial charge in [-0.3, -0.25) is 0 Å². The zero-order valence-electron chi connectivity index (χ0n) is 8.02. The maximum absolute atomic E-state index is 11.1. The summed E-state index contributed by atoms with van der Waals surface area (Å²) in [5.41, 5.74) is 4.62. The van der Waals surface area contributed by atoms with Crippen LogP contribution in [0.5, 0.6) is 0 Å². The van der Waals surface area contributed by atoms with Gasteiger partial charge < -0.3 is 10.9 Å². The molecule has 0 amide bonds. The number of nitrogens with one attached hydrogen (secondary N) is 1. The van der Waals surface area contributed by atoms with E-state index >= 15 is 0 Å². The van der Waals surface area contributed by atoms with Crippen molar-refractivity contribution < 1.29 is 13.6 Å². The van der Waals surface area contributed by atoms with Gasteiger partial charge in [-0.1, -0.05) is 18.0 Å². The second-order valence-electron chi connectivity index (χ2n) is 3.65. The maximum atomic E-state index is 11.1. The molecule has 1 saturated carbocycles. The van der Waals surface area contributed by atoms with Crippen LogP contribution in [0.2, 0.25) is 0 Å². The van der Waals surface area contributed by atoms with Crippen LogP contribution >= 0.6 is 0 Å². The molecule has 1 aliphatic carbocycles. The average Bonchev–Trinajstić information content (AvgIpc) is 2.49. The lowest BCUT2D eigenvalue weighted by Gasteiger charge is -2.27. The molecule has 1 fully saturated rings. The van der Waals surface area contributed by atoms with Crippen LogP contribution < -0.4 is 10.5 Å². The molecule has 0 aromatic rings. The number of hydrogen-bond acceptors (Lipinski definition) is 4. The lowest BCUT2D eigenvalue weighted by Crippen LogP contribution is -2.55. The fourth-order valence-electron chi connectivity index (χ4n) is 1.84. The topological polar surface area (TPSA) is 105 Å². The molecule has 0 spiro atoms. The quantitative estimate of drug-likeness (QED) is 0.261. The van der Waals surface area contributed by atoms with Gasteiger partial charge in [-0.25, -0.2) is 13.1 Å². The Bertz CT molecular complexity index is 330. The van der Waals surface area contributed by atoms with E-state index in [1.807, 2.05) is 0 Å². The minimum Gasteiger partial charge on any atom is -0.409 e. The third-order valence-corrected chi connectivity index (χ3v) is 3.20. The van der Waals surface area contributed by atoms with Gasteiger partial charge in [0.25, 0.3) is 0 Å². The second kappa shape index (κ2) is 3.74. The predicted octanol–water partition coefficient (Wildman–Crippen LogP) is -0.405. The first-order valence-electron chi connectivity index (χ1n) is 4.37. The van der Waals surface area contributed by atoms with Crippen LogP contribution in [-0.4, -0.2) is 31.3 Å². The summed E-state index contributed by atoms with van der Waals surface area (Å²) in [6.07, 6.45) is 3.97. The fraction of sp³-hybridized carbons (Fsp3) is 0.857. The SMILES string of the molecule is CS(=O)(=O)NC1(/C(N)=N\O)CCCC1. The number of oxime groups is 1. The molecule has 0 bridgehead atoms. The van der Waals surface area contributed by atoms with Crippen LogP contribution in [0.15, 0.2) is 5.16 Å². The van der Waals surface area contributed by atoms with Gasteiger partial charge in [0, 0.05) is 0 Å². The molecular formula is C7H15N3O3S. The Kier molecular flexibility index (Phi) is 3.01. The van der Waals surface area contributed by atoms with Crippen molar-refractivity contribution in [3.63, 3.8) is 0 Å². The number of nitrogens with two attached hydrogens (primary N) is 1. The third kappa shape index (κ3) is 2.36. The molecule has 7 heteroatoms. The molecule has 0 unspecified atom stereocenters. The van der Waals surface area contributed by atoms with Crippen molar-refractivity contribution in [3.8, 4) is 0 Å². The number of rotatable bonds is 3. The third-order valence-electron chi connectivity index (χ3n) is 2.44. The van der Waals surface area contributed by atoms with Gasteiger partial charge in [0.15, 0.2) is 5.84 Å². The molecule has 0 radical (unpaired) electrons. The summed E-state index contributed by atoms with van der Waals surface area (Å²) in [4.78, 5) is 0. The first-order valence-corrected chi connectivity index (χ1v) is 6.26. The lowest BCUT2D eigenvalue weighted by molar-refractivity contribution is 0.310. The minimum atomic E-state index is -3.34. The summed E-state index contributed by atoms with van der Waals surface area (Å²) in [6.45, 7) is 0. The largest absolute Gasteiger partial charge is 0.409 e. The van der Waals surface area contributed by atoms with E-state index in [1.54, 1.807) is 0 Å². The van der Waals surface area contributed by atoms with Gasteiger partial charge in [-0.05, 0) is 12.8 Å². The fourth-order valence-corrected chi connectivity index (χ4v) is 2.86. The van der Waals surface area contributed by atoms with Crippen molar-refractivity contribution in [3.05, 3.63) is 0 Å². The molecule has 0 atom stereocenters. The molecule has 14 heavy (non-hydrogen) atoms. The number of nitrogens with zero attached hydrogens (tertiary/aromatic N) is 1. The molecule has 82 valence electrons. The van der Waals surface area contributed by atoms with Gasteiger partial charge in [0.1, 0.15) is 0 Å². The van der Waals surface area contributed by atoms with E-state index in [4.69, 9.17) is 10.9 Å². The van der Waals surface area contributed by atoms with Crippen LogP contribution in [0.4, 0.5) is 0 Å². The Hall–Kier alpha value is -0.820. The van der Waals surface area contributed by atoms with Crippen molar-refractivity contribution in [1.29, 1.82) is 0 Å². The summed E-state index contributed by atoms with van der Waals surface area (Å²) in [5.74, 6) is -0.0552. The molecule has 4 N–H and O–H groups in total. The highest BCUT2D eigenvalue weighted by atomic mass is 32.2. The van der Waals surface area contributed by atoms with Crippen LogP contribution in [0.25, 0.3) is 0 Å². The average molecular weight is 221 g/mol. The minimum absolute atomic E-state index is 0.0552. The van der Waals surface area contributed by atoms with E-state index in [0.717, 1.165) is 19.1 Å².